The van der Waals surface area contributed by atoms with Crippen LogP contribution in [0.1, 0.15) is 18.1 Å². The van der Waals surface area contributed by atoms with Crippen LogP contribution in [0.3, 0.4) is 0 Å². The topological polar surface area (TPSA) is 29.1 Å². The molecule has 0 saturated heterocycles. The molecule has 0 radical (unpaired) electrons. The highest BCUT2D eigenvalue weighted by atomic mass is 35.5. The van der Waals surface area contributed by atoms with Crippen LogP contribution < -0.4 is 5.32 Å². The highest BCUT2D eigenvalue weighted by molar-refractivity contribution is 7.99. The van der Waals surface area contributed by atoms with E-state index in [0.717, 1.165) is 16.5 Å². The summed E-state index contributed by atoms with van der Waals surface area (Å²) in [5.74, 6) is 0.817. The molecule has 2 nitrogen and oxygen atoms in total. The first kappa shape index (κ1) is 15.9. The molecule has 1 amide bonds. The van der Waals surface area contributed by atoms with Crippen molar-refractivity contribution < 1.29 is 4.79 Å². The molecule has 0 aliphatic carbocycles. The summed E-state index contributed by atoms with van der Waals surface area (Å²) in [6.07, 6.45) is 0. The van der Waals surface area contributed by atoms with Crippen molar-refractivity contribution in [2.45, 2.75) is 24.9 Å². The van der Waals surface area contributed by atoms with Crippen LogP contribution in [-0.2, 0) is 10.5 Å². The van der Waals surface area contributed by atoms with Crippen LogP contribution in [0.25, 0.3) is 0 Å². The van der Waals surface area contributed by atoms with Crippen molar-refractivity contribution in [2.75, 3.05) is 5.32 Å². The zero-order chi connectivity index (χ0) is 15.2. The highest BCUT2D eigenvalue weighted by Crippen LogP contribution is 2.20. The number of carbonyl (C=O) groups is 1. The molecule has 0 aliphatic heterocycles. The Morgan fingerprint density at radius 1 is 1.14 bits per heavy atom. The molecule has 2 aromatic rings. The first-order valence-corrected chi connectivity index (χ1v) is 8.21. The standard InChI is InChI=1S/C17H18ClNOS/c1-12-3-9-16(10-4-12)19-17(20)13(2)21-11-14-5-7-15(18)8-6-14/h3-10,13H,11H2,1-2H3,(H,19,20). The molecule has 1 atom stereocenters. The van der Waals surface area contributed by atoms with Gasteiger partial charge in [0.15, 0.2) is 0 Å². The zero-order valence-electron chi connectivity index (χ0n) is 12.1. The smallest absolute Gasteiger partial charge is 0.237 e. The van der Waals surface area contributed by atoms with Gasteiger partial charge in [-0.05, 0) is 43.7 Å². The Bertz CT molecular complexity index is 595. The molecule has 0 aliphatic rings. The molecule has 2 rings (SSSR count). The maximum atomic E-state index is 12.1. The van der Waals surface area contributed by atoms with Crippen molar-refractivity contribution in [1.82, 2.24) is 0 Å². The Balaban J connectivity index is 1.84. The van der Waals surface area contributed by atoms with Crippen molar-refractivity contribution in [3.63, 3.8) is 0 Å². The zero-order valence-corrected chi connectivity index (χ0v) is 13.7. The summed E-state index contributed by atoms with van der Waals surface area (Å²) in [5.41, 5.74) is 3.18. The number of amides is 1. The Morgan fingerprint density at radius 3 is 2.38 bits per heavy atom. The van der Waals surface area contributed by atoms with Gasteiger partial charge in [-0.25, -0.2) is 0 Å². The van der Waals surface area contributed by atoms with E-state index in [1.165, 1.54) is 11.1 Å². The summed E-state index contributed by atoms with van der Waals surface area (Å²) >= 11 is 7.47. The lowest BCUT2D eigenvalue weighted by Crippen LogP contribution is -2.22. The van der Waals surface area contributed by atoms with Crippen molar-refractivity contribution in [3.05, 3.63) is 64.7 Å². The maximum absolute atomic E-state index is 12.1. The number of hydrogen-bond acceptors (Lipinski definition) is 2. The molecule has 1 N–H and O–H groups in total. The van der Waals surface area contributed by atoms with E-state index in [4.69, 9.17) is 11.6 Å². The van der Waals surface area contributed by atoms with Gasteiger partial charge in [-0.15, -0.1) is 11.8 Å². The van der Waals surface area contributed by atoms with E-state index in [1.807, 2.05) is 62.4 Å². The van der Waals surface area contributed by atoms with E-state index < -0.39 is 0 Å². The largest absolute Gasteiger partial charge is 0.325 e. The minimum Gasteiger partial charge on any atom is -0.325 e. The van der Waals surface area contributed by atoms with Gasteiger partial charge in [0.05, 0.1) is 5.25 Å². The number of aryl methyl sites for hydroxylation is 1. The van der Waals surface area contributed by atoms with Gasteiger partial charge in [-0.1, -0.05) is 41.4 Å². The van der Waals surface area contributed by atoms with Crippen LogP contribution in [0, 0.1) is 6.92 Å². The third-order valence-electron chi connectivity index (χ3n) is 3.10. The van der Waals surface area contributed by atoms with Crippen LogP contribution in [-0.4, -0.2) is 11.2 Å². The predicted octanol–water partition coefficient (Wildman–Crippen LogP) is 4.91. The average Bonchev–Trinajstić information content (AvgIpc) is 2.48. The molecule has 0 heterocycles. The summed E-state index contributed by atoms with van der Waals surface area (Å²) in [7, 11) is 0. The van der Waals surface area contributed by atoms with E-state index in [1.54, 1.807) is 11.8 Å². The van der Waals surface area contributed by atoms with Crippen molar-refractivity contribution in [1.29, 1.82) is 0 Å². The molecular formula is C17H18ClNOS. The lowest BCUT2D eigenvalue weighted by atomic mass is 10.2. The van der Waals surface area contributed by atoms with Gasteiger partial charge >= 0.3 is 0 Å². The molecule has 1 unspecified atom stereocenters. The molecule has 0 bridgehead atoms. The average molecular weight is 320 g/mol. The van der Waals surface area contributed by atoms with Crippen LogP contribution in [0.4, 0.5) is 5.69 Å². The number of nitrogens with one attached hydrogen (secondary N) is 1. The van der Waals surface area contributed by atoms with Gasteiger partial charge in [0.25, 0.3) is 0 Å². The second-order valence-electron chi connectivity index (χ2n) is 4.93. The van der Waals surface area contributed by atoms with Crippen LogP contribution in [0.5, 0.6) is 0 Å². The predicted molar refractivity (Wildman–Crippen MR) is 92.0 cm³/mol. The van der Waals surface area contributed by atoms with Gasteiger partial charge in [0, 0.05) is 16.5 Å². The number of benzene rings is 2. The summed E-state index contributed by atoms with van der Waals surface area (Å²) in [5, 5.41) is 3.55. The van der Waals surface area contributed by atoms with E-state index in [-0.39, 0.29) is 11.2 Å². The van der Waals surface area contributed by atoms with Crippen molar-refractivity contribution in [3.8, 4) is 0 Å². The fourth-order valence-corrected chi connectivity index (χ4v) is 2.73. The van der Waals surface area contributed by atoms with Gasteiger partial charge in [0.1, 0.15) is 0 Å². The Labute approximate surface area is 134 Å². The van der Waals surface area contributed by atoms with Crippen LogP contribution >= 0.6 is 23.4 Å². The number of thioether (sulfide) groups is 1. The van der Waals surface area contributed by atoms with Gasteiger partial charge in [-0.2, -0.15) is 0 Å². The number of carbonyl (C=O) groups excluding carboxylic acids is 1. The maximum Gasteiger partial charge on any atom is 0.237 e. The van der Waals surface area contributed by atoms with Gasteiger partial charge in [-0.3, -0.25) is 4.79 Å². The van der Waals surface area contributed by atoms with Crippen molar-refractivity contribution >= 4 is 35.0 Å². The molecule has 2 aromatic carbocycles. The van der Waals surface area contributed by atoms with Crippen molar-refractivity contribution in [2.24, 2.45) is 0 Å². The van der Waals surface area contributed by atoms with Crippen LogP contribution in [0.2, 0.25) is 5.02 Å². The van der Waals surface area contributed by atoms with E-state index in [9.17, 15) is 4.79 Å². The molecule has 0 spiro atoms. The van der Waals surface area contributed by atoms with E-state index >= 15 is 0 Å². The number of hydrogen-bond donors (Lipinski definition) is 1. The molecule has 0 aromatic heterocycles. The number of anilines is 1. The highest BCUT2D eigenvalue weighted by Gasteiger charge is 2.13. The fraction of sp³-hybridized carbons (Fsp3) is 0.235. The van der Waals surface area contributed by atoms with Gasteiger partial charge in [0.2, 0.25) is 5.91 Å². The van der Waals surface area contributed by atoms with Gasteiger partial charge < -0.3 is 5.32 Å². The third kappa shape index (κ3) is 5.10. The number of halogens is 1. The minimum absolute atomic E-state index is 0.0258. The second-order valence-corrected chi connectivity index (χ2v) is 6.70. The Kier molecular flexibility index (Phi) is 5.71. The SMILES string of the molecule is Cc1ccc(NC(=O)C(C)SCc2ccc(Cl)cc2)cc1. The third-order valence-corrected chi connectivity index (χ3v) is 4.57. The summed E-state index contributed by atoms with van der Waals surface area (Å²) in [4.78, 5) is 12.1. The Hall–Kier alpha value is -1.45. The van der Waals surface area contributed by atoms with E-state index in [0.29, 0.717) is 0 Å². The summed E-state index contributed by atoms with van der Waals surface area (Å²) in [6, 6.07) is 15.5. The summed E-state index contributed by atoms with van der Waals surface area (Å²) in [6.45, 7) is 3.94. The van der Waals surface area contributed by atoms with E-state index in [2.05, 4.69) is 5.32 Å². The molecule has 110 valence electrons. The monoisotopic (exact) mass is 319 g/mol. The molecule has 21 heavy (non-hydrogen) atoms. The molecule has 0 saturated carbocycles. The minimum atomic E-state index is -0.109. The Morgan fingerprint density at radius 2 is 1.76 bits per heavy atom. The lowest BCUT2D eigenvalue weighted by molar-refractivity contribution is -0.115. The first-order chi connectivity index (χ1) is 10.0. The normalized spacial score (nSPS) is 12.0. The quantitative estimate of drug-likeness (QED) is 0.848. The molecular weight excluding hydrogens is 302 g/mol. The fourth-order valence-electron chi connectivity index (χ4n) is 1.76. The molecule has 4 heteroatoms. The number of rotatable bonds is 5. The lowest BCUT2D eigenvalue weighted by Gasteiger charge is -2.12. The van der Waals surface area contributed by atoms with Crippen LogP contribution in [0.15, 0.2) is 48.5 Å². The second kappa shape index (κ2) is 7.53. The first-order valence-electron chi connectivity index (χ1n) is 6.78. The molecule has 0 fully saturated rings. The summed E-state index contributed by atoms with van der Waals surface area (Å²) < 4.78 is 0.